The molecule has 0 unspecified atom stereocenters. The highest BCUT2D eigenvalue weighted by molar-refractivity contribution is 5.96. The number of para-hydroxylation sites is 1. The highest BCUT2D eigenvalue weighted by atomic mass is 16.5. The van der Waals surface area contributed by atoms with E-state index in [-0.39, 0.29) is 12.5 Å². The molecule has 166 valence electrons. The Morgan fingerprint density at radius 2 is 1.81 bits per heavy atom. The van der Waals surface area contributed by atoms with Crippen molar-refractivity contribution in [1.29, 1.82) is 0 Å². The van der Waals surface area contributed by atoms with Crippen molar-refractivity contribution in [2.75, 3.05) is 63.7 Å². The Balaban J connectivity index is 1.49. The Morgan fingerprint density at radius 3 is 2.45 bits per heavy atom. The molecular weight excluding hydrogens is 394 g/mol. The maximum absolute atomic E-state index is 12.7. The number of benzene rings is 2. The van der Waals surface area contributed by atoms with Gasteiger partial charge in [0.1, 0.15) is 0 Å². The molecule has 2 aromatic carbocycles. The van der Waals surface area contributed by atoms with E-state index in [0.717, 1.165) is 18.8 Å². The first-order valence-electron chi connectivity index (χ1n) is 10.5. The number of rotatable bonds is 7. The summed E-state index contributed by atoms with van der Waals surface area (Å²) in [4.78, 5) is 21.1. The van der Waals surface area contributed by atoms with E-state index in [1.54, 1.807) is 14.2 Å². The number of nitrogens with zero attached hydrogens (tertiary/aromatic N) is 3. The number of aliphatic imine (C=N–C) groups is 1. The number of hydrogen-bond donors (Lipinski definition) is 2. The van der Waals surface area contributed by atoms with Crippen LogP contribution in [0.15, 0.2) is 53.5 Å². The molecule has 2 N–H and O–H groups in total. The summed E-state index contributed by atoms with van der Waals surface area (Å²) in [5.41, 5.74) is 1.99. The first-order valence-corrected chi connectivity index (χ1v) is 10.5. The first-order chi connectivity index (χ1) is 15.1. The summed E-state index contributed by atoms with van der Waals surface area (Å²) in [5, 5.41) is 6.28. The van der Waals surface area contributed by atoms with E-state index in [2.05, 4.69) is 32.7 Å². The second-order valence-corrected chi connectivity index (χ2v) is 7.05. The smallest absolute Gasteiger partial charge is 0.242 e. The maximum atomic E-state index is 12.7. The fourth-order valence-electron chi connectivity index (χ4n) is 3.46. The van der Waals surface area contributed by atoms with E-state index in [4.69, 9.17) is 9.47 Å². The lowest BCUT2D eigenvalue weighted by Crippen LogP contribution is -2.51. The number of carbonyl (C=O) groups is 1. The number of carbonyl (C=O) groups excluding carboxylic acids is 1. The summed E-state index contributed by atoms with van der Waals surface area (Å²) >= 11 is 0. The fourth-order valence-corrected chi connectivity index (χ4v) is 3.46. The third kappa shape index (κ3) is 6.04. The Kier molecular flexibility index (Phi) is 7.98. The molecule has 0 atom stereocenters. The van der Waals surface area contributed by atoms with Gasteiger partial charge in [0.25, 0.3) is 0 Å². The van der Waals surface area contributed by atoms with Gasteiger partial charge in [0.2, 0.25) is 5.91 Å². The third-order valence-electron chi connectivity index (χ3n) is 5.11. The molecule has 1 amide bonds. The predicted molar refractivity (Wildman–Crippen MR) is 124 cm³/mol. The highest BCUT2D eigenvalue weighted by Crippen LogP contribution is 2.30. The molecule has 0 aromatic heterocycles. The van der Waals surface area contributed by atoms with E-state index in [0.29, 0.717) is 37.2 Å². The number of hydrogen-bond acceptors (Lipinski definition) is 5. The Hall–Kier alpha value is -3.42. The second-order valence-electron chi connectivity index (χ2n) is 7.05. The van der Waals surface area contributed by atoms with Crippen molar-refractivity contribution in [2.45, 2.75) is 6.92 Å². The van der Waals surface area contributed by atoms with Crippen molar-refractivity contribution >= 4 is 23.2 Å². The molecule has 0 bridgehead atoms. The van der Waals surface area contributed by atoms with E-state index in [1.807, 2.05) is 48.2 Å². The second kappa shape index (κ2) is 11.1. The van der Waals surface area contributed by atoms with Crippen LogP contribution in [0.25, 0.3) is 0 Å². The van der Waals surface area contributed by atoms with E-state index >= 15 is 0 Å². The summed E-state index contributed by atoms with van der Waals surface area (Å²) in [6.45, 7) is 5.74. The summed E-state index contributed by atoms with van der Waals surface area (Å²) in [6.07, 6.45) is 0. The van der Waals surface area contributed by atoms with Gasteiger partial charge in [0.05, 0.1) is 20.3 Å². The summed E-state index contributed by atoms with van der Waals surface area (Å²) in [5.74, 6) is 1.89. The van der Waals surface area contributed by atoms with Crippen molar-refractivity contribution in [3.8, 4) is 11.5 Å². The van der Waals surface area contributed by atoms with Crippen LogP contribution in [-0.2, 0) is 4.79 Å². The van der Waals surface area contributed by atoms with Crippen LogP contribution >= 0.6 is 0 Å². The lowest BCUT2D eigenvalue weighted by Gasteiger charge is -2.36. The molecule has 1 aliphatic heterocycles. The van der Waals surface area contributed by atoms with E-state index in [1.165, 1.54) is 5.69 Å². The molecule has 0 radical (unpaired) electrons. The summed E-state index contributed by atoms with van der Waals surface area (Å²) in [6, 6.07) is 15.8. The predicted octanol–water partition coefficient (Wildman–Crippen LogP) is 2.43. The lowest BCUT2D eigenvalue weighted by atomic mass is 10.2. The topological polar surface area (TPSA) is 78.4 Å². The van der Waals surface area contributed by atoms with Crippen LogP contribution in [0.4, 0.5) is 11.4 Å². The van der Waals surface area contributed by atoms with Crippen LogP contribution in [0, 0.1) is 0 Å². The molecule has 0 spiro atoms. The normalized spacial score (nSPS) is 14.2. The number of methoxy groups -OCH3 is 1. The van der Waals surface area contributed by atoms with Crippen LogP contribution in [0.3, 0.4) is 0 Å². The minimum Gasteiger partial charge on any atom is -0.493 e. The van der Waals surface area contributed by atoms with Gasteiger partial charge in [-0.1, -0.05) is 18.2 Å². The molecule has 31 heavy (non-hydrogen) atoms. The number of piperazine rings is 1. The minimum absolute atomic E-state index is 0.0555. The zero-order valence-corrected chi connectivity index (χ0v) is 18.4. The van der Waals surface area contributed by atoms with Crippen molar-refractivity contribution < 1.29 is 14.3 Å². The largest absolute Gasteiger partial charge is 0.493 e. The first kappa shape index (κ1) is 22.3. The number of nitrogens with one attached hydrogen (secondary N) is 2. The lowest BCUT2D eigenvalue weighted by molar-refractivity contribution is -0.130. The third-order valence-corrected chi connectivity index (χ3v) is 5.11. The number of amides is 1. The molecule has 0 saturated carbocycles. The van der Waals surface area contributed by atoms with Crippen molar-refractivity contribution in [3.63, 3.8) is 0 Å². The Bertz CT molecular complexity index is 880. The van der Waals surface area contributed by atoms with Gasteiger partial charge in [-0.25, -0.2) is 0 Å². The number of ether oxygens (including phenoxy) is 2. The molecule has 1 saturated heterocycles. The molecule has 1 aliphatic rings. The highest BCUT2D eigenvalue weighted by Gasteiger charge is 2.21. The SMILES string of the molecule is CCOc1ccc(NC(=NC)NCC(=O)N2CCN(c3ccccc3)CC2)cc1OC. The summed E-state index contributed by atoms with van der Waals surface area (Å²) in [7, 11) is 3.27. The quantitative estimate of drug-likeness (QED) is 0.524. The molecule has 1 fully saturated rings. The zero-order valence-electron chi connectivity index (χ0n) is 18.4. The van der Waals surface area contributed by atoms with Gasteiger partial charge in [-0.2, -0.15) is 0 Å². The van der Waals surface area contributed by atoms with Crippen molar-refractivity contribution in [2.24, 2.45) is 4.99 Å². The zero-order chi connectivity index (χ0) is 22.1. The molecule has 2 aromatic rings. The van der Waals surface area contributed by atoms with Crippen molar-refractivity contribution in [3.05, 3.63) is 48.5 Å². The Labute approximate surface area is 183 Å². The average molecular weight is 426 g/mol. The Morgan fingerprint density at radius 1 is 1.06 bits per heavy atom. The van der Waals surface area contributed by atoms with Gasteiger partial charge >= 0.3 is 0 Å². The van der Waals surface area contributed by atoms with E-state index < -0.39 is 0 Å². The monoisotopic (exact) mass is 425 g/mol. The summed E-state index contributed by atoms with van der Waals surface area (Å²) < 4.78 is 10.9. The van der Waals surface area contributed by atoms with Crippen LogP contribution in [0.2, 0.25) is 0 Å². The fraction of sp³-hybridized carbons (Fsp3) is 0.391. The molecular formula is C23H31N5O3. The van der Waals surface area contributed by atoms with Crippen LogP contribution in [0.1, 0.15) is 6.92 Å². The van der Waals surface area contributed by atoms with Gasteiger partial charge in [-0.15, -0.1) is 0 Å². The molecule has 8 nitrogen and oxygen atoms in total. The van der Waals surface area contributed by atoms with Crippen LogP contribution < -0.4 is 25.0 Å². The number of guanidine groups is 1. The van der Waals surface area contributed by atoms with Crippen LogP contribution in [-0.4, -0.2) is 70.3 Å². The molecule has 0 aliphatic carbocycles. The molecule has 3 rings (SSSR count). The van der Waals surface area contributed by atoms with Gasteiger partial charge in [-0.3, -0.25) is 9.79 Å². The van der Waals surface area contributed by atoms with Gasteiger partial charge < -0.3 is 29.9 Å². The maximum Gasteiger partial charge on any atom is 0.242 e. The van der Waals surface area contributed by atoms with Crippen molar-refractivity contribution in [1.82, 2.24) is 10.2 Å². The van der Waals surface area contributed by atoms with Gasteiger partial charge in [0.15, 0.2) is 17.5 Å². The number of anilines is 2. The van der Waals surface area contributed by atoms with Gasteiger partial charge in [-0.05, 0) is 31.2 Å². The van der Waals surface area contributed by atoms with E-state index in [9.17, 15) is 4.79 Å². The minimum atomic E-state index is 0.0555. The average Bonchev–Trinajstić information content (AvgIpc) is 2.83. The van der Waals surface area contributed by atoms with Gasteiger partial charge in [0, 0.05) is 50.7 Å². The standard InChI is InChI=1S/C23H31N5O3/c1-4-31-20-11-10-18(16-21(20)30-3)26-23(24-2)25-17-22(29)28-14-12-27(13-15-28)19-8-6-5-7-9-19/h5-11,16H,4,12-15,17H2,1-3H3,(H2,24,25,26). The molecule has 1 heterocycles. The molecule has 8 heteroatoms. The van der Waals surface area contributed by atoms with Crippen LogP contribution in [0.5, 0.6) is 11.5 Å².